The number of nitrogens with zero attached hydrogens (tertiary/aromatic N) is 1. The van der Waals surface area contributed by atoms with Gasteiger partial charge in [-0.2, -0.15) is 0 Å². The second-order valence-corrected chi connectivity index (χ2v) is 7.54. The van der Waals surface area contributed by atoms with Crippen LogP contribution in [0.3, 0.4) is 0 Å². The predicted molar refractivity (Wildman–Crippen MR) is 122 cm³/mol. The lowest BCUT2D eigenvalue weighted by Gasteiger charge is -2.19. The highest BCUT2D eigenvalue weighted by Crippen LogP contribution is 2.14. The van der Waals surface area contributed by atoms with Gasteiger partial charge in [0.2, 0.25) is 5.91 Å². The monoisotopic (exact) mass is 475 g/mol. The van der Waals surface area contributed by atoms with Crippen LogP contribution in [0.25, 0.3) is 0 Å². The standard InChI is InChI=1S/C22H29N5O7/c1-14-4-9-17(34-14)11-27(12-19(28)29)22(32)33-13-15-5-7-16(8-6-15)26-20(30)18(23)3-2-10-25-21(24)31/h4-9,18H,2-3,10-13,23H2,1H3,(H,26,30)(H,28,29)(H3,24,25,31)/t18-/m0/s1. The van der Waals surface area contributed by atoms with Gasteiger partial charge < -0.3 is 36.4 Å². The molecule has 12 heteroatoms. The molecule has 1 heterocycles. The average Bonchev–Trinajstić information content (AvgIpc) is 3.19. The first kappa shape index (κ1) is 26.2. The van der Waals surface area contributed by atoms with Crippen LogP contribution in [0.15, 0.2) is 40.8 Å². The molecule has 0 unspecified atom stereocenters. The van der Waals surface area contributed by atoms with Crippen LogP contribution >= 0.6 is 0 Å². The van der Waals surface area contributed by atoms with Gasteiger partial charge in [0, 0.05) is 12.2 Å². The van der Waals surface area contributed by atoms with E-state index in [1.54, 1.807) is 43.3 Å². The van der Waals surface area contributed by atoms with Gasteiger partial charge in [-0.05, 0) is 49.6 Å². The Balaban J connectivity index is 1.83. The summed E-state index contributed by atoms with van der Waals surface area (Å²) in [5.74, 6) is -0.469. The van der Waals surface area contributed by atoms with Crippen molar-refractivity contribution in [2.45, 2.75) is 39.0 Å². The molecule has 7 N–H and O–H groups in total. The summed E-state index contributed by atoms with van der Waals surface area (Å²) in [7, 11) is 0. The number of urea groups is 1. The molecule has 0 bridgehead atoms. The highest BCUT2D eigenvalue weighted by molar-refractivity contribution is 5.94. The van der Waals surface area contributed by atoms with Crippen LogP contribution in [0.5, 0.6) is 0 Å². The third-order valence-corrected chi connectivity index (χ3v) is 4.64. The number of furan rings is 1. The van der Waals surface area contributed by atoms with Crippen molar-refractivity contribution in [2.24, 2.45) is 11.5 Å². The zero-order valence-corrected chi connectivity index (χ0v) is 18.8. The number of hydrogen-bond acceptors (Lipinski definition) is 7. The number of amides is 4. The highest BCUT2D eigenvalue weighted by atomic mass is 16.6. The second kappa shape index (κ2) is 12.8. The smallest absolute Gasteiger partial charge is 0.411 e. The third-order valence-electron chi connectivity index (χ3n) is 4.64. The van der Waals surface area contributed by atoms with Crippen molar-refractivity contribution in [3.63, 3.8) is 0 Å². The molecule has 4 amide bonds. The van der Waals surface area contributed by atoms with E-state index in [2.05, 4.69) is 10.6 Å². The van der Waals surface area contributed by atoms with Gasteiger partial charge >= 0.3 is 18.1 Å². The van der Waals surface area contributed by atoms with E-state index in [0.29, 0.717) is 42.2 Å². The lowest BCUT2D eigenvalue weighted by atomic mass is 10.1. The number of anilines is 1. The number of aliphatic carboxylic acids is 1. The number of carboxylic acid groups (broad SMARTS) is 1. The Morgan fingerprint density at radius 1 is 1.15 bits per heavy atom. The van der Waals surface area contributed by atoms with Gasteiger partial charge in [0.05, 0.1) is 12.6 Å². The Morgan fingerprint density at radius 2 is 1.85 bits per heavy atom. The van der Waals surface area contributed by atoms with Crippen LogP contribution in [0.2, 0.25) is 0 Å². The number of nitrogens with two attached hydrogens (primary N) is 2. The summed E-state index contributed by atoms with van der Waals surface area (Å²) in [6.45, 7) is 1.40. The molecule has 0 fully saturated rings. The molecular formula is C22H29N5O7. The molecule has 0 aliphatic rings. The van der Waals surface area contributed by atoms with E-state index in [1.807, 2.05) is 0 Å². The summed E-state index contributed by atoms with van der Waals surface area (Å²) in [4.78, 5) is 47.3. The number of carbonyl (C=O) groups is 4. The molecule has 1 aromatic heterocycles. The molecule has 34 heavy (non-hydrogen) atoms. The highest BCUT2D eigenvalue weighted by Gasteiger charge is 2.20. The van der Waals surface area contributed by atoms with Gasteiger partial charge in [-0.1, -0.05) is 12.1 Å². The normalized spacial score (nSPS) is 11.4. The van der Waals surface area contributed by atoms with Crippen LogP contribution in [0, 0.1) is 6.92 Å². The Kier molecular flexibility index (Phi) is 9.90. The first-order valence-electron chi connectivity index (χ1n) is 10.5. The summed E-state index contributed by atoms with van der Waals surface area (Å²) in [6.07, 6.45) is 0.0656. The van der Waals surface area contributed by atoms with Crippen LogP contribution in [0.1, 0.15) is 29.9 Å². The lowest BCUT2D eigenvalue weighted by Crippen LogP contribution is -2.37. The molecule has 1 atom stereocenters. The largest absolute Gasteiger partial charge is 0.480 e. The summed E-state index contributed by atoms with van der Waals surface area (Å²) >= 11 is 0. The summed E-state index contributed by atoms with van der Waals surface area (Å²) in [6, 6.07) is 8.55. The van der Waals surface area contributed by atoms with Crippen molar-refractivity contribution in [2.75, 3.05) is 18.4 Å². The Morgan fingerprint density at radius 3 is 2.44 bits per heavy atom. The molecule has 184 valence electrons. The van der Waals surface area contributed by atoms with Gasteiger partial charge in [0.1, 0.15) is 24.7 Å². The van der Waals surface area contributed by atoms with Gasteiger partial charge in [0.25, 0.3) is 0 Å². The number of carboxylic acids is 1. The maximum absolute atomic E-state index is 12.4. The fraction of sp³-hybridized carbons (Fsp3) is 0.364. The molecule has 2 rings (SSSR count). The predicted octanol–water partition coefficient (Wildman–Crippen LogP) is 1.53. The lowest BCUT2D eigenvalue weighted by molar-refractivity contribution is -0.138. The maximum atomic E-state index is 12.4. The molecule has 0 aliphatic heterocycles. The van der Waals surface area contributed by atoms with Gasteiger partial charge in [-0.3, -0.25) is 14.5 Å². The second-order valence-electron chi connectivity index (χ2n) is 7.54. The van der Waals surface area contributed by atoms with E-state index in [-0.39, 0.29) is 19.1 Å². The molecule has 0 aliphatic carbocycles. The topological polar surface area (TPSA) is 190 Å². The molecule has 1 aromatic carbocycles. The van der Waals surface area contributed by atoms with E-state index in [0.717, 1.165) is 4.90 Å². The van der Waals surface area contributed by atoms with Gasteiger partial charge in [0.15, 0.2) is 0 Å². The van der Waals surface area contributed by atoms with Gasteiger partial charge in [-0.25, -0.2) is 9.59 Å². The SMILES string of the molecule is Cc1ccc(CN(CC(=O)O)C(=O)OCc2ccc(NC(=O)[C@@H](N)CCCNC(N)=O)cc2)o1. The van der Waals surface area contributed by atoms with Crippen molar-refractivity contribution >= 4 is 29.7 Å². The number of primary amides is 1. The first-order chi connectivity index (χ1) is 16.1. The van der Waals surface area contributed by atoms with Crippen molar-refractivity contribution in [3.05, 3.63) is 53.5 Å². The number of aryl methyl sites for hydroxylation is 1. The van der Waals surface area contributed by atoms with E-state index in [1.165, 1.54) is 0 Å². The summed E-state index contributed by atoms with van der Waals surface area (Å²) < 4.78 is 10.6. The fourth-order valence-electron chi connectivity index (χ4n) is 2.93. The number of ether oxygens (including phenoxy) is 1. The number of carbonyl (C=O) groups excluding carboxylic acids is 3. The Bertz CT molecular complexity index is 990. The maximum Gasteiger partial charge on any atom is 0.411 e. The van der Waals surface area contributed by atoms with Crippen LogP contribution in [-0.4, -0.2) is 53.1 Å². The number of nitrogens with one attached hydrogen (secondary N) is 2. The van der Waals surface area contributed by atoms with Crippen molar-refractivity contribution in [1.82, 2.24) is 10.2 Å². The zero-order chi connectivity index (χ0) is 25.1. The quantitative estimate of drug-likeness (QED) is 0.285. The molecule has 0 saturated heterocycles. The van der Waals surface area contributed by atoms with Crippen LogP contribution < -0.4 is 22.1 Å². The molecule has 0 saturated carbocycles. The Hall–Kier alpha value is -4.06. The van der Waals surface area contributed by atoms with E-state index in [4.69, 9.17) is 25.7 Å². The van der Waals surface area contributed by atoms with E-state index >= 15 is 0 Å². The molecule has 0 radical (unpaired) electrons. The number of rotatable bonds is 12. The van der Waals surface area contributed by atoms with Crippen molar-refractivity contribution in [1.29, 1.82) is 0 Å². The van der Waals surface area contributed by atoms with Crippen molar-refractivity contribution in [3.8, 4) is 0 Å². The van der Waals surface area contributed by atoms with E-state index < -0.39 is 30.7 Å². The average molecular weight is 476 g/mol. The minimum absolute atomic E-state index is 0.0389. The number of hydrogen-bond donors (Lipinski definition) is 5. The number of benzene rings is 1. The molecule has 12 nitrogen and oxygen atoms in total. The summed E-state index contributed by atoms with van der Waals surface area (Å²) in [5, 5.41) is 14.2. The fourth-order valence-corrected chi connectivity index (χ4v) is 2.93. The molecular weight excluding hydrogens is 446 g/mol. The van der Waals surface area contributed by atoms with E-state index in [9.17, 15) is 19.2 Å². The van der Waals surface area contributed by atoms with Gasteiger partial charge in [-0.15, -0.1) is 0 Å². The van der Waals surface area contributed by atoms with Crippen LogP contribution in [-0.2, 0) is 27.5 Å². The minimum atomic E-state index is -1.18. The molecule has 2 aromatic rings. The molecule has 0 spiro atoms. The third kappa shape index (κ3) is 9.20. The first-order valence-corrected chi connectivity index (χ1v) is 10.5. The summed E-state index contributed by atoms with van der Waals surface area (Å²) in [5.41, 5.74) is 12.0. The van der Waals surface area contributed by atoms with Crippen molar-refractivity contribution < 1.29 is 33.4 Å². The zero-order valence-electron chi connectivity index (χ0n) is 18.8. The van der Waals surface area contributed by atoms with Crippen LogP contribution in [0.4, 0.5) is 15.3 Å². The Labute approximate surface area is 196 Å². The minimum Gasteiger partial charge on any atom is -0.480 e.